The number of anilines is 2. The van der Waals surface area contributed by atoms with Crippen LogP contribution in [0.4, 0.5) is 16.2 Å². The number of allylic oxidation sites excluding steroid dienone is 1. The van der Waals surface area contributed by atoms with E-state index >= 15 is 0 Å². The maximum atomic E-state index is 12.5. The summed E-state index contributed by atoms with van der Waals surface area (Å²) in [6.07, 6.45) is 0. The normalized spacial score (nSPS) is 15.4. The van der Waals surface area contributed by atoms with Gasteiger partial charge in [-0.2, -0.15) is 0 Å². The molecule has 0 saturated carbocycles. The van der Waals surface area contributed by atoms with Crippen LogP contribution in [0.1, 0.15) is 25.5 Å². The average Bonchev–Trinajstić information content (AvgIpc) is 2.83. The van der Waals surface area contributed by atoms with Crippen molar-refractivity contribution in [2.45, 2.75) is 19.9 Å². The van der Waals surface area contributed by atoms with E-state index in [1.807, 2.05) is 30.9 Å². The number of hydrogen-bond donors (Lipinski definition) is 3. The molecule has 180 valence electrons. The van der Waals surface area contributed by atoms with Crippen LogP contribution >= 0.6 is 12.2 Å². The second-order valence-corrected chi connectivity index (χ2v) is 7.81. The predicted molar refractivity (Wildman–Crippen MR) is 134 cm³/mol. The van der Waals surface area contributed by atoms with Gasteiger partial charge >= 0.3 is 12.0 Å². The van der Waals surface area contributed by atoms with E-state index in [9.17, 15) is 9.59 Å². The number of rotatable bonds is 7. The number of benzene rings is 2. The van der Waals surface area contributed by atoms with Gasteiger partial charge in [-0.15, -0.1) is 0 Å². The van der Waals surface area contributed by atoms with Gasteiger partial charge in [0.05, 0.1) is 32.9 Å². The van der Waals surface area contributed by atoms with Crippen LogP contribution in [0.15, 0.2) is 53.7 Å². The van der Waals surface area contributed by atoms with Gasteiger partial charge in [0.25, 0.3) is 0 Å². The Bertz CT molecular complexity index is 1090. The third kappa shape index (κ3) is 5.40. The molecule has 1 atom stereocenters. The minimum absolute atomic E-state index is 0.425. The largest absolute Gasteiger partial charge is 0.497 e. The van der Waals surface area contributed by atoms with E-state index in [1.54, 1.807) is 30.3 Å². The van der Waals surface area contributed by atoms with E-state index in [2.05, 4.69) is 16.0 Å². The van der Waals surface area contributed by atoms with Gasteiger partial charge in [0.2, 0.25) is 0 Å². The first kappa shape index (κ1) is 24.8. The third-order valence-electron chi connectivity index (χ3n) is 5.43. The monoisotopic (exact) mass is 484 g/mol. The highest BCUT2D eigenvalue weighted by Gasteiger charge is 2.33. The first-order chi connectivity index (χ1) is 16.3. The lowest BCUT2D eigenvalue weighted by Crippen LogP contribution is -2.47. The summed E-state index contributed by atoms with van der Waals surface area (Å²) in [7, 11) is 4.43. The van der Waals surface area contributed by atoms with Gasteiger partial charge < -0.3 is 35.1 Å². The Balaban J connectivity index is 1.77. The van der Waals surface area contributed by atoms with Gasteiger partial charge in [-0.3, -0.25) is 0 Å². The van der Waals surface area contributed by atoms with Gasteiger partial charge in [0.1, 0.15) is 11.5 Å². The van der Waals surface area contributed by atoms with E-state index in [4.69, 9.17) is 26.4 Å². The molecule has 9 nitrogen and oxygen atoms in total. The number of esters is 1. The predicted octanol–water partition coefficient (Wildman–Crippen LogP) is 4.05. The van der Waals surface area contributed by atoms with E-state index in [1.165, 1.54) is 21.3 Å². The fourth-order valence-corrected chi connectivity index (χ4v) is 4.10. The highest BCUT2D eigenvalue weighted by Crippen LogP contribution is 2.32. The fourth-order valence-electron chi connectivity index (χ4n) is 3.72. The Labute approximate surface area is 204 Å². The van der Waals surface area contributed by atoms with Gasteiger partial charge in [0.15, 0.2) is 5.11 Å². The smallest absolute Gasteiger partial charge is 0.337 e. The number of methoxy groups -OCH3 is 3. The Hall–Kier alpha value is -3.79. The maximum absolute atomic E-state index is 12.5. The summed E-state index contributed by atoms with van der Waals surface area (Å²) in [5.41, 5.74) is 3.14. The van der Waals surface area contributed by atoms with E-state index in [0.717, 1.165) is 11.3 Å². The molecular weight excluding hydrogens is 456 g/mol. The van der Waals surface area contributed by atoms with Crippen molar-refractivity contribution in [1.29, 1.82) is 0 Å². The molecule has 1 aliphatic rings. The van der Waals surface area contributed by atoms with Crippen LogP contribution in [0.2, 0.25) is 0 Å². The molecule has 1 unspecified atom stereocenters. The molecule has 0 aromatic heterocycles. The van der Waals surface area contributed by atoms with Crippen LogP contribution in [-0.2, 0) is 9.53 Å². The SMILES string of the molecule is CCN1C(=S)NC(c2ccc(NC(=O)Nc3cc(OC)cc(OC)c3)cc2)C(C(=O)OC)=C1C. The lowest BCUT2D eigenvalue weighted by Gasteiger charge is -2.36. The molecule has 3 rings (SSSR count). The molecule has 0 radical (unpaired) electrons. The van der Waals surface area contributed by atoms with E-state index < -0.39 is 18.0 Å². The molecule has 1 aliphatic heterocycles. The van der Waals surface area contributed by atoms with Crippen molar-refractivity contribution in [2.75, 3.05) is 38.5 Å². The van der Waals surface area contributed by atoms with Crippen molar-refractivity contribution in [1.82, 2.24) is 10.2 Å². The molecule has 34 heavy (non-hydrogen) atoms. The molecular formula is C24H28N4O5S. The maximum Gasteiger partial charge on any atom is 0.337 e. The van der Waals surface area contributed by atoms with Gasteiger partial charge in [-0.25, -0.2) is 9.59 Å². The van der Waals surface area contributed by atoms with E-state index in [-0.39, 0.29) is 0 Å². The number of nitrogens with one attached hydrogen (secondary N) is 3. The number of nitrogens with zero attached hydrogens (tertiary/aromatic N) is 1. The van der Waals surface area contributed by atoms with Crippen molar-refractivity contribution in [3.8, 4) is 11.5 Å². The third-order valence-corrected chi connectivity index (χ3v) is 5.77. The molecule has 3 N–H and O–H groups in total. The molecule has 2 amide bonds. The minimum Gasteiger partial charge on any atom is -0.497 e. The van der Waals surface area contributed by atoms with Crippen LogP contribution in [-0.4, -0.2) is 49.9 Å². The topological polar surface area (TPSA) is 101 Å². The number of thiocarbonyl (C=S) groups is 1. The second kappa shape index (κ2) is 10.9. The summed E-state index contributed by atoms with van der Waals surface area (Å²) in [4.78, 5) is 26.9. The van der Waals surface area contributed by atoms with Gasteiger partial charge in [-0.1, -0.05) is 12.1 Å². The molecule has 0 aliphatic carbocycles. The quantitative estimate of drug-likeness (QED) is 0.400. The molecule has 10 heteroatoms. The molecule has 1 heterocycles. The zero-order chi connectivity index (χ0) is 24.8. The lowest BCUT2D eigenvalue weighted by molar-refractivity contribution is -0.136. The summed E-state index contributed by atoms with van der Waals surface area (Å²) < 4.78 is 15.5. The molecule has 2 aromatic carbocycles. The number of hydrogen-bond acceptors (Lipinski definition) is 6. The average molecular weight is 485 g/mol. The Morgan fingerprint density at radius 3 is 2.12 bits per heavy atom. The summed E-state index contributed by atoms with van der Waals surface area (Å²) in [6, 6.07) is 11.3. The molecule has 0 spiro atoms. The van der Waals surface area contributed by atoms with Crippen molar-refractivity contribution in [2.24, 2.45) is 0 Å². The zero-order valence-electron chi connectivity index (χ0n) is 19.7. The molecule has 2 aromatic rings. The fraction of sp³-hybridized carbons (Fsp3) is 0.292. The number of carbonyl (C=O) groups excluding carboxylic acids is 2. The van der Waals surface area contributed by atoms with Crippen LogP contribution in [0, 0.1) is 0 Å². The Kier molecular flexibility index (Phi) is 7.95. The molecule has 0 saturated heterocycles. The minimum atomic E-state index is -0.463. The van der Waals surface area contributed by atoms with Crippen LogP contribution in [0.3, 0.4) is 0 Å². The standard InChI is InChI=1S/C24H28N4O5S/c1-6-28-14(2)20(22(29)33-5)21(27-24(28)34)15-7-9-16(10-8-15)25-23(30)26-17-11-18(31-3)13-19(12-17)32-4/h7-13,21H,6H2,1-5H3,(H,27,34)(H2,25,26,30). The second-order valence-electron chi connectivity index (χ2n) is 7.42. The highest BCUT2D eigenvalue weighted by atomic mass is 32.1. The highest BCUT2D eigenvalue weighted by molar-refractivity contribution is 7.80. The molecule has 0 fully saturated rings. The van der Waals surface area contributed by atoms with Crippen LogP contribution < -0.4 is 25.4 Å². The zero-order valence-corrected chi connectivity index (χ0v) is 20.5. The van der Waals surface area contributed by atoms with Crippen LogP contribution in [0.25, 0.3) is 0 Å². The van der Waals surface area contributed by atoms with E-state index in [0.29, 0.717) is 40.1 Å². The van der Waals surface area contributed by atoms with Crippen molar-refractivity contribution < 1.29 is 23.8 Å². The van der Waals surface area contributed by atoms with Crippen molar-refractivity contribution in [3.05, 3.63) is 59.3 Å². The lowest BCUT2D eigenvalue weighted by atomic mass is 9.95. The summed E-state index contributed by atoms with van der Waals surface area (Å²) >= 11 is 5.48. The van der Waals surface area contributed by atoms with Crippen LogP contribution in [0.5, 0.6) is 11.5 Å². The Morgan fingerprint density at radius 2 is 1.59 bits per heavy atom. The summed E-state index contributed by atoms with van der Waals surface area (Å²) in [5, 5.41) is 9.30. The Morgan fingerprint density at radius 1 is 1.00 bits per heavy atom. The van der Waals surface area contributed by atoms with Crippen molar-refractivity contribution in [3.63, 3.8) is 0 Å². The van der Waals surface area contributed by atoms with Crippen molar-refractivity contribution >= 4 is 40.7 Å². The number of carbonyl (C=O) groups is 2. The first-order valence-corrected chi connectivity index (χ1v) is 11.0. The van der Waals surface area contributed by atoms with Gasteiger partial charge in [0, 0.05) is 41.8 Å². The summed E-state index contributed by atoms with van der Waals surface area (Å²) in [5.74, 6) is 0.692. The number of ether oxygens (including phenoxy) is 3. The summed E-state index contributed by atoms with van der Waals surface area (Å²) in [6.45, 7) is 4.44. The number of urea groups is 1. The number of amides is 2. The first-order valence-electron chi connectivity index (χ1n) is 10.6. The van der Waals surface area contributed by atoms with Gasteiger partial charge in [-0.05, 0) is 43.8 Å². The molecule has 0 bridgehead atoms.